The van der Waals surface area contributed by atoms with E-state index in [0.717, 1.165) is 52.8 Å². The van der Waals surface area contributed by atoms with E-state index in [1.807, 2.05) is 18.4 Å². The number of esters is 1. The maximum Gasteiger partial charge on any atom is 0.309 e. The minimum atomic E-state index is -0.0682. The summed E-state index contributed by atoms with van der Waals surface area (Å²) in [6.07, 6.45) is 1.63. The predicted molar refractivity (Wildman–Crippen MR) is 119 cm³/mol. The molecule has 0 saturated carbocycles. The van der Waals surface area contributed by atoms with Gasteiger partial charge in [0.1, 0.15) is 0 Å². The zero-order chi connectivity index (χ0) is 19.7. The van der Waals surface area contributed by atoms with E-state index < -0.39 is 0 Å². The third-order valence-corrected chi connectivity index (χ3v) is 7.19. The van der Waals surface area contributed by atoms with Gasteiger partial charge in [-0.1, -0.05) is 35.3 Å². The van der Waals surface area contributed by atoms with Crippen molar-refractivity contribution < 1.29 is 9.53 Å². The topological polar surface area (TPSA) is 29.5 Å². The fourth-order valence-corrected chi connectivity index (χ4v) is 5.24. The van der Waals surface area contributed by atoms with Crippen molar-refractivity contribution in [2.45, 2.75) is 19.8 Å². The number of hydrogen-bond donors (Lipinski definition) is 0. The highest BCUT2D eigenvalue weighted by Gasteiger charge is 2.26. The summed E-state index contributed by atoms with van der Waals surface area (Å²) in [4.78, 5) is 14.3. The highest BCUT2D eigenvalue weighted by Crippen LogP contribution is 2.42. The molecular weight excluding hydrogens is 413 g/mol. The molecule has 28 heavy (non-hydrogen) atoms. The van der Waals surface area contributed by atoms with Gasteiger partial charge < -0.3 is 9.64 Å². The third kappa shape index (κ3) is 3.73. The van der Waals surface area contributed by atoms with Crippen molar-refractivity contribution in [3.05, 3.63) is 51.8 Å². The van der Waals surface area contributed by atoms with Crippen molar-refractivity contribution in [2.75, 3.05) is 24.6 Å². The number of carbonyl (C=O) groups is 1. The SMILES string of the molecule is CCOC(=O)C1CCN(c2cccc(-c3cc4ccsc4c(Cl)c3Cl)c2)CC1. The van der Waals surface area contributed by atoms with E-state index in [-0.39, 0.29) is 11.9 Å². The molecule has 0 atom stereocenters. The van der Waals surface area contributed by atoms with E-state index in [2.05, 4.69) is 35.2 Å². The average molecular weight is 434 g/mol. The van der Waals surface area contributed by atoms with Crippen molar-refractivity contribution in [2.24, 2.45) is 5.92 Å². The maximum absolute atomic E-state index is 12.0. The number of ether oxygens (including phenoxy) is 1. The normalized spacial score (nSPS) is 15.2. The van der Waals surface area contributed by atoms with Crippen LogP contribution in [-0.4, -0.2) is 25.7 Å². The Morgan fingerprint density at radius 1 is 1.18 bits per heavy atom. The number of rotatable bonds is 4. The minimum absolute atomic E-state index is 0.00799. The molecule has 3 nitrogen and oxygen atoms in total. The van der Waals surface area contributed by atoms with Crippen molar-refractivity contribution in [1.82, 2.24) is 0 Å². The van der Waals surface area contributed by atoms with Crippen LogP contribution >= 0.6 is 34.5 Å². The Kier molecular flexibility index (Phi) is 5.81. The van der Waals surface area contributed by atoms with Crippen LogP contribution in [0.1, 0.15) is 19.8 Å². The molecule has 2 aromatic carbocycles. The first-order valence-corrected chi connectivity index (χ1v) is 11.1. The zero-order valence-electron chi connectivity index (χ0n) is 15.6. The summed E-state index contributed by atoms with van der Waals surface area (Å²) < 4.78 is 6.19. The molecule has 1 fully saturated rings. The number of thiophene rings is 1. The summed E-state index contributed by atoms with van der Waals surface area (Å²) >= 11 is 14.7. The zero-order valence-corrected chi connectivity index (χ0v) is 17.9. The number of piperidine rings is 1. The second-order valence-corrected chi connectivity index (χ2v) is 8.63. The Hall–Kier alpha value is -1.75. The Bertz CT molecular complexity index is 1010. The van der Waals surface area contributed by atoms with Crippen LogP contribution in [0.3, 0.4) is 0 Å². The molecule has 0 aliphatic carbocycles. The molecule has 1 aliphatic rings. The molecule has 1 saturated heterocycles. The van der Waals surface area contributed by atoms with Gasteiger partial charge in [-0.25, -0.2) is 0 Å². The maximum atomic E-state index is 12.0. The number of hydrogen-bond acceptors (Lipinski definition) is 4. The average Bonchev–Trinajstić information content (AvgIpc) is 3.20. The standard InChI is InChI=1S/C22H21Cl2NO2S/c1-2-27-22(26)14-6-9-25(10-7-14)17-5-3-4-15(12-17)18-13-16-8-11-28-21(16)20(24)19(18)23/h3-5,8,11-14H,2,6-7,9-10H2,1H3. The molecule has 6 heteroatoms. The lowest BCUT2D eigenvalue weighted by molar-refractivity contribution is -0.148. The van der Waals surface area contributed by atoms with Crippen LogP contribution in [0.4, 0.5) is 5.69 Å². The van der Waals surface area contributed by atoms with Crippen LogP contribution in [-0.2, 0) is 9.53 Å². The summed E-state index contributed by atoms with van der Waals surface area (Å²) in [6, 6.07) is 12.5. The van der Waals surface area contributed by atoms with E-state index in [4.69, 9.17) is 27.9 Å². The highest BCUT2D eigenvalue weighted by atomic mass is 35.5. The predicted octanol–water partition coefficient (Wildman–Crippen LogP) is 6.65. The first-order valence-electron chi connectivity index (χ1n) is 9.45. The summed E-state index contributed by atoms with van der Waals surface area (Å²) in [5.41, 5.74) is 3.13. The lowest BCUT2D eigenvalue weighted by atomic mass is 9.96. The molecule has 146 valence electrons. The second kappa shape index (κ2) is 8.32. The Balaban J connectivity index is 1.58. The van der Waals surface area contributed by atoms with Crippen molar-refractivity contribution in [1.29, 1.82) is 0 Å². The van der Waals surface area contributed by atoms with Gasteiger partial charge >= 0.3 is 5.97 Å². The molecule has 2 heterocycles. The number of benzene rings is 2. The molecule has 0 bridgehead atoms. The third-order valence-electron chi connectivity index (χ3n) is 5.26. The van der Waals surface area contributed by atoms with Crippen LogP contribution < -0.4 is 4.90 Å². The largest absolute Gasteiger partial charge is 0.466 e. The molecule has 1 aromatic heterocycles. The lowest BCUT2D eigenvalue weighted by Gasteiger charge is -2.32. The fourth-order valence-electron chi connectivity index (χ4n) is 3.76. The van der Waals surface area contributed by atoms with Gasteiger partial charge in [-0.3, -0.25) is 4.79 Å². The van der Waals surface area contributed by atoms with Gasteiger partial charge in [-0.2, -0.15) is 0 Å². The van der Waals surface area contributed by atoms with Crippen molar-refractivity contribution in [3.63, 3.8) is 0 Å². The molecule has 0 spiro atoms. The first kappa shape index (κ1) is 19.6. The van der Waals surface area contributed by atoms with Gasteiger partial charge in [0.25, 0.3) is 0 Å². The van der Waals surface area contributed by atoms with Gasteiger partial charge in [-0.05, 0) is 60.4 Å². The lowest BCUT2D eigenvalue weighted by Crippen LogP contribution is -2.36. The molecule has 1 aliphatic heterocycles. The van der Waals surface area contributed by atoms with Gasteiger partial charge in [0, 0.05) is 24.3 Å². The molecule has 0 N–H and O–H groups in total. The van der Waals surface area contributed by atoms with E-state index in [1.54, 1.807) is 11.3 Å². The fraction of sp³-hybridized carbons (Fsp3) is 0.318. The van der Waals surface area contributed by atoms with Crippen LogP contribution in [0.15, 0.2) is 41.8 Å². The first-order chi connectivity index (χ1) is 13.6. The summed E-state index contributed by atoms with van der Waals surface area (Å²) in [6.45, 7) is 3.97. The van der Waals surface area contributed by atoms with Crippen LogP contribution in [0, 0.1) is 5.92 Å². The quantitative estimate of drug-likeness (QED) is 0.431. The number of halogens is 2. The number of fused-ring (bicyclic) bond motifs is 1. The van der Waals surface area contributed by atoms with E-state index in [0.29, 0.717) is 16.7 Å². The van der Waals surface area contributed by atoms with E-state index >= 15 is 0 Å². The van der Waals surface area contributed by atoms with Gasteiger partial charge in [0.2, 0.25) is 0 Å². The monoisotopic (exact) mass is 433 g/mol. The highest BCUT2D eigenvalue weighted by molar-refractivity contribution is 7.18. The smallest absolute Gasteiger partial charge is 0.309 e. The molecule has 0 radical (unpaired) electrons. The van der Waals surface area contributed by atoms with Gasteiger partial charge in [0.15, 0.2) is 0 Å². The van der Waals surface area contributed by atoms with Crippen molar-refractivity contribution in [3.8, 4) is 11.1 Å². The van der Waals surface area contributed by atoms with Crippen LogP contribution in [0.25, 0.3) is 21.2 Å². The van der Waals surface area contributed by atoms with E-state index in [9.17, 15) is 4.79 Å². The number of nitrogens with zero attached hydrogens (tertiary/aromatic N) is 1. The van der Waals surface area contributed by atoms with Gasteiger partial charge in [0.05, 0.1) is 27.3 Å². The number of anilines is 1. The van der Waals surface area contributed by atoms with E-state index in [1.165, 1.54) is 0 Å². The molecule has 3 aromatic rings. The summed E-state index contributed by atoms with van der Waals surface area (Å²) in [5, 5.41) is 4.34. The molecule has 4 rings (SSSR count). The van der Waals surface area contributed by atoms with Crippen LogP contribution in [0.5, 0.6) is 0 Å². The van der Waals surface area contributed by atoms with Crippen molar-refractivity contribution >= 4 is 56.3 Å². The minimum Gasteiger partial charge on any atom is -0.466 e. The van der Waals surface area contributed by atoms with Gasteiger partial charge in [-0.15, -0.1) is 11.3 Å². The summed E-state index contributed by atoms with van der Waals surface area (Å²) in [7, 11) is 0. The molecule has 0 unspecified atom stereocenters. The number of carbonyl (C=O) groups excluding carboxylic acids is 1. The molecular formula is C22H21Cl2NO2S. The second-order valence-electron chi connectivity index (χ2n) is 6.95. The molecule has 0 amide bonds. The Labute approximate surface area is 178 Å². The Morgan fingerprint density at radius 3 is 2.71 bits per heavy atom. The Morgan fingerprint density at radius 2 is 1.96 bits per heavy atom. The van der Waals surface area contributed by atoms with Crippen LogP contribution in [0.2, 0.25) is 10.0 Å². The summed E-state index contributed by atoms with van der Waals surface area (Å²) in [5.74, 6) is -0.0602.